The summed E-state index contributed by atoms with van der Waals surface area (Å²) in [5.41, 5.74) is 0.724. The van der Waals surface area contributed by atoms with Gasteiger partial charge in [0.25, 0.3) is 0 Å². The first-order valence-corrected chi connectivity index (χ1v) is 13.8. The lowest BCUT2D eigenvalue weighted by Crippen LogP contribution is -2.61. The molecule has 1 saturated heterocycles. The van der Waals surface area contributed by atoms with Crippen molar-refractivity contribution in [3.05, 3.63) is 23.4 Å². The van der Waals surface area contributed by atoms with Gasteiger partial charge in [-0.25, -0.2) is 0 Å². The first-order chi connectivity index (χ1) is 17.0. The van der Waals surface area contributed by atoms with Gasteiger partial charge >= 0.3 is 5.97 Å². The predicted molar refractivity (Wildman–Crippen MR) is 140 cm³/mol. The molecule has 1 fully saturated rings. The number of esters is 1. The van der Waals surface area contributed by atoms with Crippen molar-refractivity contribution in [2.24, 2.45) is 16.7 Å². The van der Waals surface area contributed by atoms with Crippen LogP contribution in [0.5, 0.6) is 0 Å². The Morgan fingerprint density at radius 2 is 2.03 bits per heavy atom. The lowest BCUT2D eigenvalue weighted by atomic mass is 9.65. The number of nitrogens with zero attached hydrogens (tertiary/aromatic N) is 1. The summed E-state index contributed by atoms with van der Waals surface area (Å²) in [5.74, 6) is -1.24. The standard InChI is InChI=1S/C29H46N2O5/c1-7-8-15-30-25(32)17-22-19-29(27(34)35-6)20(2)36-24(28(3,4)5)18-23(29)31(26(22)33)16-14-21-12-10-9-11-13-21/h12,18,20,22,24H,7-11,13-17,19H2,1-6H3,(H,30,32)/t20-,22+,24-,29+/m1/s1. The summed E-state index contributed by atoms with van der Waals surface area (Å²) in [7, 11) is 1.39. The van der Waals surface area contributed by atoms with Crippen molar-refractivity contribution in [1.82, 2.24) is 10.2 Å². The Morgan fingerprint density at radius 3 is 2.64 bits per heavy atom. The second-order valence-electron chi connectivity index (χ2n) is 11.7. The maximum Gasteiger partial charge on any atom is 0.320 e. The summed E-state index contributed by atoms with van der Waals surface area (Å²) in [4.78, 5) is 42.0. The molecule has 0 bridgehead atoms. The second kappa shape index (κ2) is 11.9. The van der Waals surface area contributed by atoms with Crippen LogP contribution in [-0.4, -0.2) is 55.1 Å². The van der Waals surface area contributed by atoms with Crippen LogP contribution in [0.3, 0.4) is 0 Å². The number of carbonyl (C=O) groups is 3. The predicted octanol–water partition coefficient (Wildman–Crippen LogP) is 4.91. The molecule has 202 valence electrons. The number of hydrogen-bond donors (Lipinski definition) is 1. The summed E-state index contributed by atoms with van der Waals surface area (Å²) in [6.07, 6.45) is 10.9. The normalized spacial score (nSPS) is 28.7. The van der Waals surface area contributed by atoms with Gasteiger partial charge in [-0.1, -0.05) is 45.8 Å². The number of amides is 2. The van der Waals surface area contributed by atoms with Gasteiger partial charge in [-0.15, -0.1) is 0 Å². The number of ether oxygens (including phenoxy) is 2. The quantitative estimate of drug-likeness (QED) is 0.275. The zero-order valence-electron chi connectivity index (χ0n) is 23.2. The van der Waals surface area contributed by atoms with Crippen LogP contribution >= 0.6 is 0 Å². The van der Waals surface area contributed by atoms with Gasteiger partial charge < -0.3 is 19.7 Å². The summed E-state index contributed by atoms with van der Waals surface area (Å²) in [6, 6.07) is 0. The van der Waals surface area contributed by atoms with Crippen LogP contribution in [0.25, 0.3) is 0 Å². The number of rotatable bonds is 9. The Labute approximate surface area is 217 Å². The molecule has 0 spiro atoms. The average molecular weight is 503 g/mol. The summed E-state index contributed by atoms with van der Waals surface area (Å²) < 4.78 is 11.8. The summed E-state index contributed by atoms with van der Waals surface area (Å²) in [6.45, 7) is 11.3. The first-order valence-electron chi connectivity index (χ1n) is 13.8. The fraction of sp³-hybridized carbons (Fsp3) is 0.759. The van der Waals surface area contributed by atoms with E-state index in [0.717, 1.165) is 32.1 Å². The lowest BCUT2D eigenvalue weighted by molar-refractivity contribution is -0.180. The maximum absolute atomic E-state index is 13.9. The van der Waals surface area contributed by atoms with Gasteiger partial charge in [-0.2, -0.15) is 0 Å². The van der Waals surface area contributed by atoms with Crippen LogP contribution in [0, 0.1) is 16.7 Å². The van der Waals surface area contributed by atoms with Crippen LogP contribution in [0.4, 0.5) is 0 Å². The molecular weight excluding hydrogens is 456 g/mol. The second-order valence-corrected chi connectivity index (χ2v) is 11.7. The van der Waals surface area contributed by atoms with E-state index < -0.39 is 23.4 Å². The summed E-state index contributed by atoms with van der Waals surface area (Å²) in [5, 5.41) is 2.94. The number of carbonyl (C=O) groups excluding carboxylic acids is 3. The Bertz CT molecular complexity index is 887. The zero-order valence-corrected chi connectivity index (χ0v) is 23.2. The van der Waals surface area contributed by atoms with Crippen LogP contribution in [0.15, 0.2) is 23.4 Å². The lowest BCUT2D eigenvalue weighted by Gasteiger charge is -2.53. The first kappa shape index (κ1) is 28.4. The van der Waals surface area contributed by atoms with Crippen molar-refractivity contribution in [2.75, 3.05) is 20.2 Å². The monoisotopic (exact) mass is 502 g/mol. The van der Waals surface area contributed by atoms with E-state index in [0.29, 0.717) is 18.8 Å². The third-order valence-electron chi connectivity index (χ3n) is 8.01. The number of unbranched alkanes of at least 4 members (excludes halogenated alkanes) is 1. The van der Waals surface area contributed by atoms with Gasteiger partial charge in [0.15, 0.2) is 0 Å². The molecule has 0 radical (unpaired) electrons. The molecule has 2 aliphatic heterocycles. The van der Waals surface area contributed by atoms with E-state index in [4.69, 9.17) is 9.47 Å². The van der Waals surface area contributed by atoms with E-state index in [9.17, 15) is 14.4 Å². The van der Waals surface area contributed by atoms with Crippen molar-refractivity contribution in [1.29, 1.82) is 0 Å². The largest absolute Gasteiger partial charge is 0.468 e. The van der Waals surface area contributed by atoms with Crippen molar-refractivity contribution in [2.45, 2.75) is 105 Å². The molecule has 0 saturated carbocycles. The van der Waals surface area contributed by atoms with E-state index in [2.05, 4.69) is 39.1 Å². The highest BCUT2D eigenvalue weighted by Gasteiger charge is 2.60. The molecule has 1 aliphatic carbocycles. The minimum Gasteiger partial charge on any atom is -0.468 e. The van der Waals surface area contributed by atoms with Crippen LogP contribution in [0.2, 0.25) is 0 Å². The average Bonchev–Trinajstić information content (AvgIpc) is 2.84. The fourth-order valence-electron chi connectivity index (χ4n) is 5.76. The molecule has 0 unspecified atom stereocenters. The van der Waals surface area contributed by atoms with Crippen molar-refractivity contribution < 1.29 is 23.9 Å². The molecule has 0 aromatic carbocycles. The molecule has 2 amide bonds. The third kappa shape index (κ3) is 6.04. The highest BCUT2D eigenvalue weighted by Crippen LogP contribution is 2.52. The maximum atomic E-state index is 13.9. The smallest absolute Gasteiger partial charge is 0.320 e. The molecule has 0 aromatic rings. The van der Waals surface area contributed by atoms with Crippen LogP contribution in [-0.2, 0) is 23.9 Å². The number of piperidine rings is 1. The van der Waals surface area contributed by atoms with Gasteiger partial charge in [-0.3, -0.25) is 14.4 Å². The number of methoxy groups -OCH3 is 1. The van der Waals surface area contributed by atoms with Crippen LogP contribution < -0.4 is 5.32 Å². The number of likely N-dealkylation sites (tertiary alicyclic amines) is 1. The van der Waals surface area contributed by atoms with Crippen molar-refractivity contribution in [3.63, 3.8) is 0 Å². The Balaban J connectivity index is 2.00. The molecule has 4 atom stereocenters. The van der Waals surface area contributed by atoms with E-state index in [1.165, 1.54) is 25.5 Å². The van der Waals surface area contributed by atoms with E-state index in [1.807, 2.05) is 13.0 Å². The van der Waals surface area contributed by atoms with Gasteiger partial charge in [0.05, 0.1) is 19.3 Å². The molecule has 7 heteroatoms. The molecule has 3 rings (SSSR count). The SMILES string of the molecule is CCCCNC(=O)C[C@H]1C[C@@]2(C(=O)OC)C(=C[C@H](C(C)(C)C)O[C@@H]2C)N(CCC2=CCCCC2)C1=O. The molecule has 36 heavy (non-hydrogen) atoms. The number of hydrogen-bond acceptors (Lipinski definition) is 5. The van der Waals surface area contributed by atoms with Crippen molar-refractivity contribution in [3.8, 4) is 0 Å². The Morgan fingerprint density at radius 1 is 1.28 bits per heavy atom. The van der Waals surface area contributed by atoms with Gasteiger partial charge in [-0.05, 0) is 63.4 Å². The molecule has 0 aromatic heterocycles. The number of nitrogens with one attached hydrogen (secondary N) is 1. The summed E-state index contributed by atoms with van der Waals surface area (Å²) >= 11 is 0. The molecular formula is C29H46N2O5. The van der Waals surface area contributed by atoms with E-state index in [1.54, 1.807) is 4.90 Å². The zero-order chi connectivity index (χ0) is 26.5. The van der Waals surface area contributed by atoms with Gasteiger partial charge in [0.1, 0.15) is 5.41 Å². The minimum atomic E-state index is -1.13. The Kier molecular flexibility index (Phi) is 9.42. The Hall–Kier alpha value is -2.15. The van der Waals surface area contributed by atoms with Crippen LogP contribution in [0.1, 0.15) is 92.4 Å². The van der Waals surface area contributed by atoms with E-state index in [-0.39, 0.29) is 36.2 Å². The highest BCUT2D eigenvalue weighted by atomic mass is 16.5. The highest BCUT2D eigenvalue weighted by molar-refractivity contribution is 5.92. The molecule has 7 nitrogen and oxygen atoms in total. The molecule has 3 aliphatic rings. The van der Waals surface area contributed by atoms with Gasteiger partial charge in [0.2, 0.25) is 11.8 Å². The van der Waals surface area contributed by atoms with E-state index >= 15 is 0 Å². The number of allylic oxidation sites excluding steroid dienone is 1. The number of fused-ring (bicyclic) bond motifs is 1. The molecule has 2 heterocycles. The molecule has 1 N–H and O–H groups in total. The minimum absolute atomic E-state index is 0.0587. The van der Waals surface area contributed by atoms with Gasteiger partial charge in [0, 0.05) is 31.1 Å². The van der Waals surface area contributed by atoms with Crippen molar-refractivity contribution >= 4 is 17.8 Å². The third-order valence-corrected chi connectivity index (χ3v) is 8.01. The topological polar surface area (TPSA) is 84.9 Å². The fourth-order valence-corrected chi connectivity index (χ4v) is 5.76.